The Morgan fingerprint density at radius 2 is 1.90 bits per heavy atom. The van der Waals surface area contributed by atoms with Crippen molar-refractivity contribution >= 4 is 33.5 Å². The molecule has 0 spiro atoms. The molecular formula is C15H11BrFNO3. The number of amides is 1. The fraction of sp³-hybridized carbons (Fsp3) is 0.0667. The van der Waals surface area contributed by atoms with Crippen LogP contribution in [0.15, 0.2) is 40.9 Å². The lowest BCUT2D eigenvalue weighted by molar-refractivity contribution is 0.0696. The lowest BCUT2D eigenvalue weighted by Gasteiger charge is -2.10. The van der Waals surface area contributed by atoms with E-state index in [0.29, 0.717) is 10.2 Å². The van der Waals surface area contributed by atoms with Crippen molar-refractivity contribution in [2.45, 2.75) is 6.92 Å². The molecule has 21 heavy (non-hydrogen) atoms. The molecule has 0 saturated heterocycles. The zero-order chi connectivity index (χ0) is 15.6. The second kappa shape index (κ2) is 6.05. The largest absolute Gasteiger partial charge is 0.478 e. The summed E-state index contributed by atoms with van der Waals surface area (Å²) >= 11 is 3.12. The van der Waals surface area contributed by atoms with Crippen molar-refractivity contribution < 1.29 is 19.1 Å². The number of aryl methyl sites for hydroxylation is 1. The van der Waals surface area contributed by atoms with E-state index < -0.39 is 17.7 Å². The predicted octanol–water partition coefficient (Wildman–Crippen LogP) is 3.85. The van der Waals surface area contributed by atoms with Gasteiger partial charge in [0.2, 0.25) is 0 Å². The molecule has 4 nitrogen and oxygen atoms in total. The zero-order valence-corrected chi connectivity index (χ0v) is 12.6. The third-order valence-corrected chi connectivity index (χ3v) is 3.56. The third kappa shape index (κ3) is 3.46. The summed E-state index contributed by atoms with van der Waals surface area (Å²) in [5.41, 5.74) is 1.47. The van der Waals surface area contributed by atoms with Gasteiger partial charge in [-0.05, 0) is 58.7 Å². The molecule has 0 unspecified atom stereocenters. The Hall–Kier alpha value is -2.21. The van der Waals surface area contributed by atoms with Gasteiger partial charge in [-0.25, -0.2) is 9.18 Å². The first-order chi connectivity index (χ1) is 9.88. The number of carboxylic acid groups (broad SMARTS) is 1. The van der Waals surface area contributed by atoms with Gasteiger partial charge in [0.25, 0.3) is 5.91 Å². The summed E-state index contributed by atoms with van der Waals surface area (Å²) in [7, 11) is 0. The first-order valence-electron chi connectivity index (χ1n) is 5.99. The summed E-state index contributed by atoms with van der Waals surface area (Å²) in [6.07, 6.45) is 0. The number of carbonyl (C=O) groups is 2. The van der Waals surface area contributed by atoms with Crippen molar-refractivity contribution in [3.8, 4) is 0 Å². The average molecular weight is 352 g/mol. The molecule has 0 fully saturated rings. The molecule has 0 aliphatic carbocycles. The van der Waals surface area contributed by atoms with Gasteiger partial charge < -0.3 is 10.4 Å². The molecule has 2 rings (SSSR count). The van der Waals surface area contributed by atoms with Gasteiger partial charge in [-0.1, -0.05) is 6.07 Å². The first-order valence-corrected chi connectivity index (χ1v) is 6.78. The van der Waals surface area contributed by atoms with E-state index in [-0.39, 0.29) is 11.1 Å². The molecule has 0 heterocycles. The molecule has 2 N–H and O–H groups in total. The van der Waals surface area contributed by atoms with E-state index in [9.17, 15) is 14.0 Å². The van der Waals surface area contributed by atoms with Crippen LogP contribution in [-0.2, 0) is 0 Å². The maximum atomic E-state index is 13.0. The number of anilines is 1. The van der Waals surface area contributed by atoms with E-state index in [1.54, 1.807) is 13.0 Å². The Bertz CT molecular complexity index is 731. The number of nitrogens with one attached hydrogen (secondary N) is 1. The van der Waals surface area contributed by atoms with Crippen molar-refractivity contribution in [2.75, 3.05) is 5.32 Å². The second-order valence-electron chi connectivity index (χ2n) is 4.41. The van der Waals surface area contributed by atoms with Crippen molar-refractivity contribution in [3.63, 3.8) is 0 Å². The Kier molecular flexibility index (Phi) is 4.37. The molecular weight excluding hydrogens is 341 g/mol. The maximum Gasteiger partial charge on any atom is 0.335 e. The fourth-order valence-corrected chi connectivity index (χ4v) is 2.28. The van der Waals surface area contributed by atoms with Crippen molar-refractivity contribution in [1.29, 1.82) is 0 Å². The van der Waals surface area contributed by atoms with Gasteiger partial charge in [-0.15, -0.1) is 0 Å². The summed E-state index contributed by atoms with van der Waals surface area (Å²) < 4.78 is 13.3. The normalized spacial score (nSPS) is 10.2. The third-order valence-electron chi connectivity index (χ3n) is 2.91. The molecule has 2 aromatic carbocycles. The Morgan fingerprint density at radius 1 is 1.19 bits per heavy atom. The molecule has 2 aromatic rings. The highest BCUT2D eigenvalue weighted by atomic mass is 79.9. The van der Waals surface area contributed by atoms with Crippen LogP contribution in [0.1, 0.15) is 26.3 Å². The lowest BCUT2D eigenvalue weighted by Crippen LogP contribution is -2.14. The van der Waals surface area contributed by atoms with Crippen LogP contribution >= 0.6 is 15.9 Å². The number of rotatable bonds is 3. The van der Waals surface area contributed by atoms with E-state index in [4.69, 9.17) is 5.11 Å². The number of hydrogen-bond acceptors (Lipinski definition) is 2. The van der Waals surface area contributed by atoms with Crippen molar-refractivity contribution in [1.82, 2.24) is 0 Å². The molecule has 0 saturated carbocycles. The summed E-state index contributed by atoms with van der Waals surface area (Å²) in [6, 6.07) is 8.17. The number of hydrogen-bond donors (Lipinski definition) is 2. The van der Waals surface area contributed by atoms with Crippen LogP contribution in [0.4, 0.5) is 10.1 Å². The van der Waals surface area contributed by atoms with Crippen molar-refractivity contribution in [3.05, 3.63) is 63.4 Å². The van der Waals surface area contributed by atoms with Gasteiger partial charge in [0.05, 0.1) is 11.1 Å². The van der Waals surface area contributed by atoms with E-state index in [1.807, 2.05) is 0 Å². The van der Waals surface area contributed by atoms with Gasteiger partial charge in [0.15, 0.2) is 0 Å². The molecule has 0 aliphatic heterocycles. The predicted molar refractivity (Wildman–Crippen MR) is 80.2 cm³/mol. The molecule has 0 bridgehead atoms. The van der Waals surface area contributed by atoms with Gasteiger partial charge in [0.1, 0.15) is 5.82 Å². The molecule has 6 heteroatoms. The van der Waals surface area contributed by atoms with Gasteiger partial charge in [0, 0.05) is 10.2 Å². The molecule has 0 aromatic heterocycles. The van der Waals surface area contributed by atoms with Crippen LogP contribution in [-0.4, -0.2) is 17.0 Å². The van der Waals surface area contributed by atoms with Crippen molar-refractivity contribution in [2.24, 2.45) is 0 Å². The molecule has 0 aliphatic rings. The second-order valence-corrected chi connectivity index (χ2v) is 5.27. The fourth-order valence-electron chi connectivity index (χ4n) is 1.75. The molecule has 108 valence electrons. The number of carbonyl (C=O) groups excluding carboxylic acids is 1. The zero-order valence-electron chi connectivity index (χ0n) is 11.0. The summed E-state index contributed by atoms with van der Waals surface area (Å²) in [6.45, 7) is 1.75. The van der Waals surface area contributed by atoms with E-state index in [1.165, 1.54) is 30.3 Å². The minimum atomic E-state index is -1.08. The summed E-state index contributed by atoms with van der Waals surface area (Å²) in [4.78, 5) is 23.1. The highest BCUT2D eigenvalue weighted by molar-refractivity contribution is 9.10. The smallest absolute Gasteiger partial charge is 0.335 e. The molecule has 0 radical (unpaired) electrons. The Balaban J connectivity index is 2.31. The number of aromatic carboxylic acids is 1. The quantitative estimate of drug-likeness (QED) is 0.882. The number of benzene rings is 2. The number of halogens is 2. The van der Waals surface area contributed by atoms with E-state index in [0.717, 1.165) is 5.56 Å². The van der Waals surface area contributed by atoms with Crippen LogP contribution < -0.4 is 5.32 Å². The van der Waals surface area contributed by atoms with Crippen LogP contribution in [0.2, 0.25) is 0 Å². The van der Waals surface area contributed by atoms with Gasteiger partial charge >= 0.3 is 5.97 Å². The molecule has 0 atom stereocenters. The van der Waals surface area contributed by atoms with Gasteiger partial charge in [-0.3, -0.25) is 4.79 Å². The first kappa shape index (κ1) is 15.2. The number of carboxylic acids is 1. The highest BCUT2D eigenvalue weighted by Crippen LogP contribution is 2.22. The highest BCUT2D eigenvalue weighted by Gasteiger charge is 2.13. The maximum absolute atomic E-state index is 13.0. The van der Waals surface area contributed by atoms with E-state index >= 15 is 0 Å². The van der Waals surface area contributed by atoms with Crippen LogP contribution in [0, 0.1) is 12.7 Å². The minimum Gasteiger partial charge on any atom is -0.478 e. The molecule has 1 amide bonds. The Morgan fingerprint density at radius 3 is 2.52 bits per heavy atom. The van der Waals surface area contributed by atoms with Crippen LogP contribution in [0.3, 0.4) is 0 Å². The average Bonchev–Trinajstić information content (AvgIpc) is 2.40. The summed E-state index contributed by atoms with van der Waals surface area (Å²) in [5, 5.41) is 11.6. The topological polar surface area (TPSA) is 66.4 Å². The summed E-state index contributed by atoms with van der Waals surface area (Å²) in [5.74, 6) is -1.98. The standard InChI is InChI=1S/C15H11BrFNO3/c1-8-2-3-9(15(20)21)6-13(8)18-14(19)11-5-4-10(17)7-12(11)16/h2-7H,1H3,(H,18,19)(H,20,21). The van der Waals surface area contributed by atoms with E-state index in [2.05, 4.69) is 21.2 Å². The van der Waals surface area contributed by atoms with Gasteiger partial charge in [-0.2, -0.15) is 0 Å². The lowest BCUT2D eigenvalue weighted by atomic mass is 10.1. The SMILES string of the molecule is Cc1ccc(C(=O)O)cc1NC(=O)c1ccc(F)cc1Br. The van der Waals surface area contributed by atoms with Crippen LogP contribution in [0.25, 0.3) is 0 Å². The Labute approximate surface area is 128 Å². The monoisotopic (exact) mass is 351 g/mol. The van der Waals surface area contributed by atoms with Crippen LogP contribution in [0.5, 0.6) is 0 Å². The minimum absolute atomic E-state index is 0.0778.